The van der Waals surface area contributed by atoms with Gasteiger partial charge in [0.05, 0.1) is 0 Å². The lowest BCUT2D eigenvalue weighted by Crippen LogP contribution is -2.00. The molecule has 0 heterocycles. The molecule has 0 N–H and O–H groups in total. The highest BCUT2D eigenvalue weighted by molar-refractivity contribution is 5.50. The number of hydrogen-bond acceptors (Lipinski definition) is 1. The first-order valence-electron chi connectivity index (χ1n) is 8.70. The quantitative estimate of drug-likeness (QED) is 0.322. The summed E-state index contributed by atoms with van der Waals surface area (Å²) in [6.45, 7) is 4.54. The van der Waals surface area contributed by atoms with Gasteiger partial charge in [0.1, 0.15) is 0 Å². The lowest BCUT2D eigenvalue weighted by atomic mass is 9.91. The van der Waals surface area contributed by atoms with Crippen molar-refractivity contribution < 1.29 is 4.79 Å². The van der Waals surface area contributed by atoms with Gasteiger partial charge in [-0.2, -0.15) is 0 Å². The molecule has 0 aromatic rings. The number of unbranched alkanes of at least 4 members (excludes halogenated alkanes) is 8. The van der Waals surface area contributed by atoms with E-state index < -0.39 is 0 Å². The molecule has 0 fully saturated rings. The van der Waals surface area contributed by atoms with Gasteiger partial charge < -0.3 is 0 Å². The van der Waals surface area contributed by atoms with E-state index in [9.17, 15) is 4.79 Å². The third-order valence-electron chi connectivity index (χ3n) is 4.05. The monoisotopic (exact) mass is 267 g/mol. The molecule has 0 aliphatic rings. The molecule has 0 saturated heterocycles. The summed E-state index contributed by atoms with van der Waals surface area (Å²) in [6, 6.07) is 0. The van der Waals surface area contributed by atoms with Crippen molar-refractivity contribution in [3.05, 3.63) is 0 Å². The molecule has 0 aliphatic heterocycles. The number of hydrogen-bond donors (Lipinski definition) is 0. The maximum absolute atomic E-state index is 10.2. The first-order chi connectivity index (χ1) is 9.35. The van der Waals surface area contributed by atoms with E-state index in [1.54, 1.807) is 0 Å². The minimum Gasteiger partial charge on any atom is -0.291 e. The van der Waals surface area contributed by atoms with Crippen LogP contribution in [0.3, 0.4) is 0 Å². The Kier molecular flexibility index (Phi) is 15.5. The number of rotatable bonds is 15. The summed E-state index contributed by atoms with van der Waals surface area (Å²) in [5.41, 5.74) is 0. The van der Waals surface area contributed by atoms with Gasteiger partial charge in [0.25, 0.3) is 0 Å². The van der Waals surface area contributed by atoms with Crippen molar-refractivity contribution in [1.29, 1.82) is 0 Å². The molecule has 0 rings (SSSR count). The molecule has 1 radical (unpaired) electrons. The Labute approximate surface area is 121 Å². The molecular formula is C18H35O. The SMILES string of the molecule is CCCCCCCCCCC(CCC)CCC[C]=O. The van der Waals surface area contributed by atoms with Crippen molar-refractivity contribution in [3.8, 4) is 0 Å². The molecule has 1 heteroatoms. The van der Waals surface area contributed by atoms with Crippen molar-refractivity contribution in [1.82, 2.24) is 0 Å². The predicted molar refractivity (Wildman–Crippen MR) is 85.2 cm³/mol. The molecule has 1 atom stereocenters. The van der Waals surface area contributed by atoms with E-state index in [0.717, 1.165) is 12.3 Å². The minimum atomic E-state index is 0.637. The van der Waals surface area contributed by atoms with Crippen LogP contribution in [0.5, 0.6) is 0 Å². The van der Waals surface area contributed by atoms with Gasteiger partial charge in [0.2, 0.25) is 0 Å². The Morgan fingerprint density at radius 2 is 1.26 bits per heavy atom. The summed E-state index contributed by atoms with van der Waals surface area (Å²) in [5.74, 6) is 0.860. The second kappa shape index (κ2) is 15.7. The van der Waals surface area contributed by atoms with Gasteiger partial charge in [0.15, 0.2) is 6.29 Å². The molecule has 1 nitrogen and oxygen atoms in total. The lowest BCUT2D eigenvalue weighted by Gasteiger charge is -2.15. The van der Waals surface area contributed by atoms with E-state index >= 15 is 0 Å². The van der Waals surface area contributed by atoms with Crippen LogP contribution in [0, 0.1) is 5.92 Å². The van der Waals surface area contributed by atoms with E-state index in [0.29, 0.717) is 6.42 Å². The normalized spacial score (nSPS) is 12.5. The lowest BCUT2D eigenvalue weighted by molar-refractivity contribution is 0.386. The highest BCUT2D eigenvalue weighted by Crippen LogP contribution is 2.22. The maximum Gasteiger partial charge on any atom is 0.198 e. The van der Waals surface area contributed by atoms with Gasteiger partial charge in [-0.3, -0.25) is 4.79 Å². The van der Waals surface area contributed by atoms with Crippen LogP contribution in [0.15, 0.2) is 0 Å². The zero-order valence-electron chi connectivity index (χ0n) is 13.4. The van der Waals surface area contributed by atoms with E-state index in [4.69, 9.17) is 0 Å². The van der Waals surface area contributed by atoms with Crippen LogP contribution < -0.4 is 0 Å². The van der Waals surface area contributed by atoms with Gasteiger partial charge in [0, 0.05) is 6.42 Å². The maximum atomic E-state index is 10.2. The van der Waals surface area contributed by atoms with Gasteiger partial charge in [-0.1, -0.05) is 90.9 Å². The highest BCUT2D eigenvalue weighted by atomic mass is 16.1. The van der Waals surface area contributed by atoms with Gasteiger partial charge in [-0.15, -0.1) is 0 Å². The van der Waals surface area contributed by atoms with E-state index in [1.807, 2.05) is 6.29 Å². The molecule has 0 amide bonds. The standard InChI is InChI=1S/C18H35O/c1-3-5-6-7-8-9-10-11-15-18(14-4-2)16-12-13-17-19/h18H,3-16H2,1-2H3. The molecule has 1 unspecified atom stereocenters. The molecule has 0 aliphatic carbocycles. The Hall–Kier alpha value is -0.330. The first-order valence-corrected chi connectivity index (χ1v) is 8.70. The second-order valence-corrected chi connectivity index (χ2v) is 5.95. The summed E-state index contributed by atoms with van der Waals surface area (Å²) >= 11 is 0. The summed E-state index contributed by atoms with van der Waals surface area (Å²) in [6.07, 6.45) is 20.2. The fourth-order valence-corrected chi connectivity index (χ4v) is 2.87. The Balaban J connectivity index is 3.39. The Morgan fingerprint density at radius 1 is 0.684 bits per heavy atom. The zero-order valence-corrected chi connectivity index (χ0v) is 13.4. The van der Waals surface area contributed by atoms with Crippen LogP contribution >= 0.6 is 0 Å². The van der Waals surface area contributed by atoms with Crippen molar-refractivity contribution in [2.45, 2.75) is 104 Å². The van der Waals surface area contributed by atoms with E-state index in [2.05, 4.69) is 13.8 Å². The molecular weight excluding hydrogens is 232 g/mol. The van der Waals surface area contributed by atoms with Crippen molar-refractivity contribution in [2.24, 2.45) is 5.92 Å². The molecule has 0 aromatic heterocycles. The first kappa shape index (κ1) is 18.7. The van der Waals surface area contributed by atoms with Crippen LogP contribution in [-0.4, -0.2) is 6.29 Å². The topological polar surface area (TPSA) is 17.1 Å². The third kappa shape index (κ3) is 13.9. The van der Waals surface area contributed by atoms with E-state index in [1.165, 1.54) is 77.0 Å². The molecule has 113 valence electrons. The highest BCUT2D eigenvalue weighted by Gasteiger charge is 2.07. The van der Waals surface area contributed by atoms with Crippen molar-refractivity contribution in [2.75, 3.05) is 0 Å². The third-order valence-corrected chi connectivity index (χ3v) is 4.05. The van der Waals surface area contributed by atoms with Gasteiger partial charge >= 0.3 is 0 Å². The van der Waals surface area contributed by atoms with Crippen LogP contribution in [-0.2, 0) is 4.79 Å². The molecule has 0 bridgehead atoms. The molecule has 19 heavy (non-hydrogen) atoms. The summed E-state index contributed by atoms with van der Waals surface area (Å²) in [4.78, 5) is 10.2. The molecule has 0 saturated carbocycles. The van der Waals surface area contributed by atoms with Crippen LogP contribution in [0.1, 0.15) is 104 Å². The fourth-order valence-electron chi connectivity index (χ4n) is 2.87. The summed E-state index contributed by atoms with van der Waals surface area (Å²) in [5, 5.41) is 0. The Bertz CT molecular complexity index is 177. The predicted octanol–water partition coefficient (Wildman–Crippen LogP) is 6.21. The molecule has 0 aromatic carbocycles. The van der Waals surface area contributed by atoms with Crippen LogP contribution in [0.4, 0.5) is 0 Å². The van der Waals surface area contributed by atoms with Crippen LogP contribution in [0.2, 0.25) is 0 Å². The largest absolute Gasteiger partial charge is 0.291 e. The average molecular weight is 267 g/mol. The van der Waals surface area contributed by atoms with Gasteiger partial charge in [-0.05, 0) is 12.3 Å². The zero-order chi connectivity index (χ0) is 14.2. The second-order valence-electron chi connectivity index (χ2n) is 5.95. The minimum absolute atomic E-state index is 0.637. The molecule has 0 spiro atoms. The smallest absolute Gasteiger partial charge is 0.198 e. The van der Waals surface area contributed by atoms with Crippen LogP contribution in [0.25, 0.3) is 0 Å². The average Bonchev–Trinajstić information content (AvgIpc) is 2.42. The summed E-state index contributed by atoms with van der Waals surface area (Å²) in [7, 11) is 0. The van der Waals surface area contributed by atoms with E-state index in [-0.39, 0.29) is 0 Å². The fraction of sp³-hybridized carbons (Fsp3) is 0.944. The Morgan fingerprint density at radius 3 is 1.84 bits per heavy atom. The van der Waals surface area contributed by atoms with Crippen molar-refractivity contribution in [3.63, 3.8) is 0 Å². The number of carbonyl (C=O) groups excluding carboxylic acids is 1. The van der Waals surface area contributed by atoms with Gasteiger partial charge in [-0.25, -0.2) is 0 Å². The summed E-state index contributed by atoms with van der Waals surface area (Å²) < 4.78 is 0. The van der Waals surface area contributed by atoms with Crippen molar-refractivity contribution >= 4 is 6.29 Å².